The van der Waals surface area contributed by atoms with E-state index in [1.54, 1.807) is 13.8 Å². The van der Waals surface area contributed by atoms with E-state index in [2.05, 4.69) is 13.8 Å². The maximum absolute atomic E-state index is 11.4. The van der Waals surface area contributed by atoms with Crippen LogP contribution < -0.4 is 5.73 Å². The Bertz CT molecular complexity index is 193. The summed E-state index contributed by atoms with van der Waals surface area (Å²) >= 11 is 1.84. The van der Waals surface area contributed by atoms with Crippen molar-refractivity contribution in [2.45, 2.75) is 39.7 Å². The molecule has 0 heterocycles. The van der Waals surface area contributed by atoms with Gasteiger partial charge < -0.3 is 10.5 Å². The molecule has 0 aromatic rings. The Morgan fingerprint density at radius 1 is 1.53 bits per heavy atom. The molecule has 0 bridgehead atoms. The maximum atomic E-state index is 11.4. The summed E-state index contributed by atoms with van der Waals surface area (Å²) in [6.45, 7) is 8.28. The van der Waals surface area contributed by atoms with E-state index in [1.165, 1.54) is 0 Å². The van der Waals surface area contributed by atoms with E-state index < -0.39 is 5.54 Å². The fourth-order valence-corrected chi connectivity index (χ4v) is 2.21. The highest BCUT2D eigenvalue weighted by molar-refractivity contribution is 7.99. The summed E-state index contributed by atoms with van der Waals surface area (Å²) in [7, 11) is 0. The van der Waals surface area contributed by atoms with Gasteiger partial charge in [0.2, 0.25) is 0 Å². The van der Waals surface area contributed by atoms with E-state index in [0.717, 1.165) is 11.5 Å². The molecule has 1 atom stereocenters. The number of nitrogens with two attached hydrogens (primary N) is 1. The van der Waals surface area contributed by atoms with Gasteiger partial charge in [0, 0.05) is 0 Å². The number of thioether (sulfide) groups is 1. The van der Waals surface area contributed by atoms with E-state index in [9.17, 15) is 4.79 Å². The van der Waals surface area contributed by atoms with Gasteiger partial charge in [-0.2, -0.15) is 11.8 Å². The molecule has 0 aliphatic heterocycles. The van der Waals surface area contributed by atoms with Crippen molar-refractivity contribution in [3.63, 3.8) is 0 Å². The molecule has 0 saturated carbocycles. The molecule has 0 aliphatic rings. The minimum absolute atomic E-state index is 0.296. The molecule has 0 amide bonds. The molecular formula is C11H23NO2S. The van der Waals surface area contributed by atoms with Crippen LogP contribution >= 0.6 is 11.8 Å². The number of carbonyl (C=O) groups is 1. The first-order valence-electron chi connectivity index (χ1n) is 5.44. The highest BCUT2D eigenvalue weighted by Gasteiger charge is 2.29. The summed E-state index contributed by atoms with van der Waals surface area (Å²) < 4.78 is 4.91. The Balaban J connectivity index is 3.78. The van der Waals surface area contributed by atoms with Gasteiger partial charge in [-0.15, -0.1) is 0 Å². The van der Waals surface area contributed by atoms with Crippen molar-refractivity contribution in [3.8, 4) is 0 Å². The molecule has 1 unspecified atom stereocenters. The number of carbonyl (C=O) groups excluding carboxylic acids is 1. The lowest BCUT2D eigenvalue weighted by Gasteiger charge is -2.21. The van der Waals surface area contributed by atoms with Crippen molar-refractivity contribution in [3.05, 3.63) is 0 Å². The number of esters is 1. The van der Waals surface area contributed by atoms with Gasteiger partial charge >= 0.3 is 5.97 Å². The second kappa shape index (κ2) is 7.12. The molecule has 15 heavy (non-hydrogen) atoms. The molecule has 0 aromatic carbocycles. The van der Waals surface area contributed by atoms with Gasteiger partial charge in [-0.05, 0) is 37.7 Å². The second-order valence-electron chi connectivity index (χ2n) is 4.36. The fourth-order valence-electron chi connectivity index (χ4n) is 1.00. The van der Waals surface area contributed by atoms with Crippen molar-refractivity contribution in [1.29, 1.82) is 0 Å². The minimum atomic E-state index is -0.833. The van der Waals surface area contributed by atoms with Crippen molar-refractivity contribution in [2.24, 2.45) is 11.7 Å². The summed E-state index contributed by atoms with van der Waals surface area (Å²) in [4.78, 5) is 11.4. The lowest BCUT2D eigenvalue weighted by atomic mass is 10.0. The second-order valence-corrected chi connectivity index (χ2v) is 5.51. The number of hydrogen-bond acceptors (Lipinski definition) is 4. The van der Waals surface area contributed by atoms with Gasteiger partial charge in [-0.25, -0.2) is 0 Å². The molecule has 3 nitrogen and oxygen atoms in total. The molecule has 0 saturated heterocycles. The largest absolute Gasteiger partial charge is 0.465 e. The highest BCUT2D eigenvalue weighted by Crippen LogP contribution is 2.15. The topological polar surface area (TPSA) is 52.3 Å². The van der Waals surface area contributed by atoms with Crippen LogP contribution in [0.3, 0.4) is 0 Å². The monoisotopic (exact) mass is 233 g/mol. The van der Waals surface area contributed by atoms with Crippen molar-refractivity contribution in [2.75, 3.05) is 18.1 Å². The van der Waals surface area contributed by atoms with Crippen LogP contribution in [-0.4, -0.2) is 29.6 Å². The van der Waals surface area contributed by atoms with Crippen LogP contribution in [-0.2, 0) is 9.53 Å². The zero-order valence-electron chi connectivity index (χ0n) is 10.2. The van der Waals surface area contributed by atoms with Gasteiger partial charge in [0.1, 0.15) is 5.54 Å². The Labute approximate surface area is 97.1 Å². The molecule has 0 fully saturated rings. The van der Waals surface area contributed by atoms with E-state index >= 15 is 0 Å². The zero-order chi connectivity index (χ0) is 11.9. The molecule has 2 N–H and O–H groups in total. The van der Waals surface area contributed by atoms with Crippen LogP contribution in [0.25, 0.3) is 0 Å². The van der Waals surface area contributed by atoms with Crippen LogP contribution in [0.5, 0.6) is 0 Å². The molecule has 0 spiro atoms. The quantitative estimate of drug-likeness (QED) is 0.540. The van der Waals surface area contributed by atoms with Crippen LogP contribution in [0.2, 0.25) is 0 Å². The first-order valence-corrected chi connectivity index (χ1v) is 6.59. The Morgan fingerprint density at radius 3 is 2.60 bits per heavy atom. The van der Waals surface area contributed by atoms with Crippen molar-refractivity contribution in [1.82, 2.24) is 0 Å². The van der Waals surface area contributed by atoms with Gasteiger partial charge in [0.15, 0.2) is 0 Å². The van der Waals surface area contributed by atoms with E-state index in [1.807, 2.05) is 11.8 Å². The first-order chi connectivity index (χ1) is 6.90. The van der Waals surface area contributed by atoms with Gasteiger partial charge in [0.25, 0.3) is 0 Å². The molecule has 0 rings (SSSR count). The highest BCUT2D eigenvalue weighted by atomic mass is 32.2. The molecule has 0 aliphatic carbocycles. The first kappa shape index (κ1) is 14.8. The van der Waals surface area contributed by atoms with Crippen molar-refractivity contribution < 1.29 is 9.53 Å². The van der Waals surface area contributed by atoms with Crippen LogP contribution in [0.4, 0.5) is 0 Å². The third-order valence-electron chi connectivity index (χ3n) is 1.96. The smallest absolute Gasteiger partial charge is 0.325 e. The average Bonchev–Trinajstić information content (AvgIpc) is 2.12. The number of ether oxygens (including phenoxy) is 1. The van der Waals surface area contributed by atoms with Crippen molar-refractivity contribution >= 4 is 17.7 Å². The van der Waals surface area contributed by atoms with Crippen LogP contribution in [0, 0.1) is 5.92 Å². The molecule has 0 aromatic heterocycles. The summed E-state index contributed by atoms with van der Waals surface area (Å²) in [6, 6.07) is 0. The summed E-state index contributed by atoms with van der Waals surface area (Å²) in [6.07, 6.45) is 0.670. The normalized spacial score (nSPS) is 15.1. The Kier molecular flexibility index (Phi) is 7.02. The van der Waals surface area contributed by atoms with Crippen LogP contribution in [0.15, 0.2) is 0 Å². The SMILES string of the molecule is CCOC(=O)C(C)(N)CCSCC(C)C. The van der Waals surface area contributed by atoms with Gasteiger partial charge in [-0.3, -0.25) is 4.79 Å². The molecule has 4 heteroatoms. The summed E-state index contributed by atoms with van der Waals surface area (Å²) in [5.74, 6) is 2.40. The molecular weight excluding hydrogens is 210 g/mol. The third-order valence-corrected chi connectivity index (χ3v) is 3.35. The molecule has 90 valence electrons. The lowest BCUT2D eigenvalue weighted by molar-refractivity contribution is -0.149. The number of hydrogen-bond donors (Lipinski definition) is 1. The van der Waals surface area contributed by atoms with E-state index in [4.69, 9.17) is 10.5 Å². The fraction of sp³-hybridized carbons (Fsp3) is 0.909. The predicted molar refractivity (Wildman–Crippen MR) is 66.0 cm³/mol. The minimum Gasteiger partial charge on any atom is -0.465 e. The van der Waals surface area contributed by atoms with Gasteiger partial charge in [0.05, 0.1) is 6.61 Å². The Hall–Kier alpha value is -0.220. The zero-order valence-corrected chi connectivity index (χ0v) is 11.0. The summed E-state index contributed by atoms with van der Waals surface area (Å²) in [5, 5.41) is 0. The average molecular weight is 233 g/mol. The Morgan fingerprint density at radius 2 is 2.13 bits per heavy atom. The van der Waals surface area contributed by atoms with Gasteiger partial charge in [-0.1, -0.05) is 13.8 Å². The standard InChI is InChI=1S/C11H23NO2S/c1-5-14-10(13)11(4,12)6-7-15-8-9(2)3/h9H,5-8,12H2,1-4H3. The van der Waals surface area contributed by atoms with E-state index in [-0.39, 0.29) is 5.97 Å². The van der Waals surface area contributed by atoms with Crippen LogP contribution in [0.1, 0.15) is 34.1 Å². The lowest BCUT2D eigenvalue weighted by Crippen LogP contribution is -2.46. The maximum Gasteiger partial charge on any atom is 0.325 e. The van der Waals surface area contributed by atoms with E-state index in [0.29, 0.717) is 18.9 Å². The predicted octanol–water partition coefficient (Wildman–Crippen LogP) is 2.05. The third kappa shape index (κ3) is 6.79. The number of rotatable bonds is 7. The summed E-state index contributed by atoms with van der Waals surface area (Å²) in [5.41, 5.74) is 5.04. The molecule has 0 radical (unpaired) electrons.